The number of ketones is 1. The van der Waals surface area contributed by atoms with E-state index < -0.39 is 18.3 Å². The zero-order valence-electron chi connectivity index (χ0n) is 15.7. The molecule has 1 aromatic rings. The molecular weight excluding hydrogens is 319 g/mol. The molecular formula is C18H25BN2O4. The molecule has 134 valence electrons. The first-order valence-electron chi connectivity index (χ1n) is 8.30. The Bertz CT molecular complexity index is 697. The van der Waals surface area contributed by atoms with Crippen LogP contribution in [0.2, 0.25) is 0 Å². The number of amides is 1. The van der Waals surface area contributed by atoms with E-state index in [9.17, 15) is 9.59 Å². The second-order valence-corrected chi connectivity index (χ2v) is 7.22. The maximum atomic E-state index is 11.5. The number of pyridine rings is 1. The van der Waals surface area contributed by atoms with Gasteiger partial charge in [-0.2, -0.15) is 0 Å². The summed E-state index contributed by atoms with van der Waals surface area (Å²) < 4.78 is 12.1. The first-order chi connectivity index (χ1) is 11.5. The molecule has 0 saturated carbocycles. The normalized spacial score (nSPS) is 19.0. The van der Waals surface area contributed by atoms with Crippen molar-refractivity contribution in [1.29, 1.82) is 0 Å². The lowest BCUT2D eigenvalue weighted by molar-refractivity contribution is -0.118. The third kappa shape index (κ3) is 4.55. The van der Waals surface area contributed by atoms with Gasteiger partial charge in [0.05, 0.1) is 16.9 Å². The van der Waals surface area contributed by atoms with E-state index in [0.29, 0.717) is 11.4 Å². The van der Waals surface area contributed by atoms with E-state index in [2.05, 4.69) is 10.3 Å². The van der Waals surface area contributed by atoms with Crippen molar-refractivity contribution in [1.82, 2.24) is 10.3 Å². The number of carbonyl (C=O) groups excluding carboxylic acids is 2. The maximum Gasteiger partial charge on any atom is 0.492 e. The number of nitrogens with zero attached hydrogens (tertiary/aromatic N) is 1. The molecule has 1 amide bonds. The van der Waals surface area contributed by atoms with Crippen LogP contribution in [0, 0.1) is 0 Å². The average molecular weight is 344 g/mol. The van der Waals surface area contributed by atoms with Gasteiger partial charge >= 0.3 is 7.12 Å². The quantitative estimate of drug-likeness (QED) is 0.656. The molecule has 1 aromatic heterocycles. The Kier molecular flexibility index (Phi) is 5.49. The zero-order chi connectivity index (χ0) is 18.8. The van der Waals surface area contributed by atoms with Gasteiger partial charge in [-0.25, -0.2) is 4.98 Å². The molecule has 25 heavy (non-hydrogen) atoms. The van der Waals surface area contributed by atoms with Crippen molar-refractivity contribution in [3.63, 3.8) is 0 Å². The van der Waals surface area contributed by atoms with Crippen molar-refractivity contribution < 1.29 is 18.9 Å². The lowest BCUT2D eigenvalue weighted by atomic mass is 9.77. The Hall–Kier alpha value is -1.99. The van der Waals surface area contributed by atoms with E-state index >= 15 is 0 Å². The Morgan fingerprint density at radius 3 is 2.28 bits per heavy atom. The van der Waals surface area contributed by atoms with Gasteiger partial charge in [0.15, 0.2) is 5.78 Å². The van der Waals surface area contributed by atoms with Crippen LogP contribution in [0.15, 0.2) is 23.7 Å². The second kappa shape index (κ2) is 7.10. The number of hydrogen-bond donors (Lipinski definition) is 1. The Labute approximate surface area is 149 Å². The summed E-state index contributed by atoms with van der Waals surface area (Å²) in [5.74, 6) is -0.248. The number of aromatic nitrogens is 1. The van der Waals surface area contributed by atoms with Gasteiger partial charge in [0.2, 0.25) is 5.91 Å². The highest BCUT2D eigenvalue weighted by Gasteiger charge is 2.52. The molecule has 1 saturated heterocycles. The molecule has 1 aliphatic rings. The summed E-state index contributed by atoms with van der Waals surface area (Å²) in [5, 5.41) is 2.77. The number of hydrogen-bond acceptors (Lipinski definition) is 5. The minimum absolute atomic E-state index is 0.103. The fourth-order valence-electron chi connectivity index (χ4n) is 2.34. The molecule has 1 aliphatic heterocycles. The third-order valence-corrected chi connectivity index (χ3v) is 4.56. The van der Waals surface area contributed by atoms with E-state index in [1.165, 1.54) is 13.8 Å². The van der Waals surface area contributed by atoms with Crippen LogP contribution in [0.4, 0.5) is 0 Å². The lowest BCUT2D eigenvalue weighted by Gasteiger charge is -2.32. The first-order valence-corrected chi connectivity index (χ1v) is 8.30. The van der Waals surface area contributed by atoms with Crippen molar-refractivity contribution in [2.75, 3.05) is 6.54 Å². The van der Waals surface area contributed by atoms with Crippen LogP contribution in [0.25, 0.3) is 6.08 Å². The molecule has 0 spiro atoms. The fourth-order valence-corrected chi connectivity index (χ4v) is 2.34. The standard InChI is InChI=1S/C18H25BN2O4/c1-12(22)16-9-7-8-15(21-16)10-14(11-20-13(2)23)19-24-17(3,4)18(5,6)25-19/h7-10H,11H2,1-6H3,(H,20,23). The summed E-state index contributed by atoms with van der Waals surface area (Å²) in [6, 6.07) is 5.24. The number of carbonyl (C=O) groups is 2. The van der Waals surface area contributed by atoms with Crippen molar-refractivity contribution in [2.45, 2.75) is 52.7 Å². The van der Waals surface area contributed by atoms with Crippen molar-refractivity contribution in [3.8, 4) is 0 Å². The molecule has 0 bridgehead atoms. The molecule has 6 nitrogen and oxygen atoms in total. The summed E-state index contributed by atoms with van der Waals surface area (Å²) in [6.45, 7) is 11.1. The largest absolute Gasteiger partial charge is 0.492 e. The minimum Gasteiger partial charge on any atom is -0.400 e. The summed E-state index contributed by atoms with van der Waals surface area (Å²) >= 11 is 0. The van der Waals surface area contributed by atoms with Gasteiger partial charge in [-0.1, -0.05) is 6.07 Å². The van der Waals surface area contributed by atoms with E-state index in [-0.39, 0.29) is 18.2 Å². The average Bonchev–Trinajstić information content (AvgIpc) is 2.71. The topological polar surface area (TPSA) is 77.5 Å². The van der Waals surface area contributed by atoms with Crippen LogP contribution in [0.5, 0.6) is 0 Å². The predicted octanol–water partition coefficient (Wildman–Crippen LogP) is 2.44. The SMILES string of the molecule is CC(=O)NCC(=Cc1cccc(C(C)=O)n1)B1OC(C)(C)C(C)(C)O1. The molecule has 2 rings (SSSR count). The zero-order valence-corrected chi connectivity index (χ0v) is 15.7. The van der Waals surface area contributed by atoms with E-state index in [4.69, 9.17) is 9.31 Å². The third-order valence-electron chi connectivity index (χ3n) is 4.56. The summed E-state index contributed by atoms with van der Waals surface area (Å²) in [6.07, 6.45) is 1.80. The van der Waals surface area contributed by atoms with Gasteiger partial charge in [0.1, 0.15) is 5.69 Å². The van der Waals surface area contributed by atoms with Crippen LogP contribution >= 0.6 is 0 Å². The molecule has 0 aliphatic carbocycles. The Balaban J connectivity index is 2.35. The molecule has 2 heterocycles. The highest BCUT2D eigenvalue weighted by molar-refractivity contribution is 6.56. The van der Waals surface area contributed by atoms with Crippen LogP contribution in [-0.2, 0) is 14.1 Å². The van der Waals surface area contributed by atoms with E-state index in [1.807, 2.05) is 27.7 Å². The smallest absolute Gasteiger partial charge is 0.400 e. The van der Waals surface area contributed by atoms with Gasteiger partial charge in [-0.15, -0.1) is 0 Å². The second-order valence-electron chi connectivity index (χ2n) is 7.22. The molecule has 0 unspecified atom stereocenters. The highest BCUT2D eigenvalue weighted by atomic mass is 16.7. The number of Topliss-reactive ketones (excluding diaryl/α,β-unsaturated/α-hetero) is 1. The molecule has 0 aromatic carbocycles. The van der Waals surface area contributed by atoms with E-state index in [0.717, 1.165) is 5.47 Å². The van der Waals surface area contributed by atoms with Crippen LogP contribution in [-0.4, -0.2) is 41.5 Å². The first kappa shape index (κ1) is 19.3. The fraction of sp³-hybridized carbons (Fsp3) is 0.500. The van der Waals surface area contributed by atoms with Gasteiger partial charge in [0, 0.05) is 20.4 Å². The van der Waals surface area contributed by atoms with Crippen molar-refractivity contribution in [3.05, 3.63) is 35.1 Å². The van der Waals surface area contributed by atoms with Crippen molar-refractivity contribution in [2.24, 2.45) is 0 Å². The summed E-state index contributed by atoms with van der Waals surface area (Å²) in [5.41, 5.74) is 0.773. The number of nitrogens with one attached hydrogen (secondary N) is 1. The minimum atomic E-state index is -0.598. The highest BCUT2D eigenvalue weighted by Crippen LogP contribution is 2.38. The van der Waals surface area contributed by atoms with Gasteiger partial charge in [0.25, 0.3) is 0 Å². The van der Waals surface area contributed by atoms with Gasteiger partial charge in [-0.3, -0.25) is 9.59 Å². The summed E-state index contributed by atoms with van der Waals surface area (Å²) in [7, 11) is -0.598. The van der Waals surface area contributed by atoms with Crippen LogP contribution in [0.1, 0.15) is 57.7 Å². The molecule has 1 N–H and O–H groups in total. The van der Waals surface area contributed by atoms with E-state index in [1.54, 1.807) is 24.3 Å². The van der Waals surface area contributed by atoms with Crippen molar-refractivity contribution >= 4 is 24.9 Å². The number of rotatable bonds is 5. The monoisotopic (exact) mass is 344 g/mol. The molecule has 0 radical (unpaired) electrons. The van der Waals surface area contributed by atoms with Gasteiger partial charge < -0.3 is 14.6 Å². The van der Waals surface area contributed by atoms with Gasteiger partial charge in [-0.05, 0) is 51.4 Å². The van der Waals surface area contributed by atoms with Crippen LogP contribution in [0.3, 0.4) is 0 Å². The maximum absolute atomic E-state index is 11.5. The van der Waals surface area contributed by atoms with Crippen LogP contribution < -0.4 is 5.32 Å². The lowest BCUT2D eigenvalue weighted by Crippen LogP contribution is -2.41. The molecule has 0 atom stereocenters. The summed E-state index contributed by atoms with van der Waals surface area (Å²) in [4.78, 5) is 27.2. The Morgan fingerprint density at radius 2 is 1.76 bits per heavy atom. The predicted molar refractivity (Wildman–Crippen MR) is 97.0 cm³/mol. The molecule has 7 heteroatoms. The Morgan fingerprint density at radius 1 is 1.16 bits per heavy atom. The molecule has 1 fully saturated rings.